The molecule has 0 unspecified atom stereocenters. The van der Waals surface area contributed by atoms with Crippen LogP contribution in [-0.2, 0) is 0 Å². The number of benzene rings is 2. The third-order valence-electron chi connectivity index (χ3n) is 3.32. The van der Waals surface area contributed by atoms with Crippen LogP contribution in [0.15, 0.2) is 65.3 Å². The van der Waals surface area contributed by atoms with E-state index in [-0.39, 0.29) is 0 Å². The van der Waals surface area contributed by atoms with Crippen molar-refractivity contribution >= 4 is 21.7 Å². The second kappa shape index (κ2) is 3.50. The number of hydrogen-bond donors (Lipinski definition) is 1. The summed E-state index contributed by atoms with van der Waals surface area (Å²) in [5.41, 5.74) is 2.16. The van der Waals surface area contributed by atoms with Gasteiger partial charge in [-0.2, -0.15) is 0 Å². The van der Waals surface area contributed by atoms with Crippen LogP contribution in [0.25, 0.3) is 33.1 Å². The van der Waals surface area contributed by atoms with E-state index < -0.39 is 0 Å². The Morgan fingerprint density at radius 1 is 0.833 bits per heavy atom. The summed E-state index contributed by atoms with van der Waals surface area (Å²) in [6.07, 6.45) is 1.69. The Balaban J connectivity index is 2.08. The molecule has 4 rings (SSSR count). The fourth-order valence-corrected chi connectivity index (χ4v) is 2.45. The number of nitrogens with one attached hydrogen (secondary N) is 1. The molecular formula is C16H11NO. The third kappa shape index (κ3) is 1.29. The molecule has 0 saturated carbocycles. The minimum Gasteiger partial charge on any atom is -0.463 e. The number of H-pyrrole nitrogens is 1. The summed E-state index contributed by atoms with van der Waals surface area (Å²) in [4.78, 5) is 3.40. The molecule has 0 atom stereocenters. The summed E-state index contributed by atoms with van der Waals surface area (Å²) in [5, 5.41) is 3.76. The zero-order valence-corrected chi connectivity index (χ0v) is 9.68. The van der Waals surface area contributed by atoms with E-state index in [1.165, 1.54) is 16.2 Å². The Hall–Kier alpha value is -2.48. The second-order valence-electron chi connectivity index (χ2n) is 4.41. The average molecular weight is 233 g/mol. The van der Waals surface area contributed by atoms with Gasteiger partial charge in [-0.3, -0.25) is 0 Å². The lowest BCUT2D eigenvalue weighted by Gasteiger charge is -1.97. The van der Waals surface area contributed by atoms with Crippen molar-refractivity contribution in [3.8, 4) is 11.5 Å². The Bertz CT molecular complexity index is 825. The van der Waals surface area contributed by atoms with E-state index in [2.05, 4.69) is 47.4 Å². The largest absolute Gasteiger partial charge is 0.463 e. The Kier molecular flexibility index (Phi) is 1.86. The van der Waals surface area contributed by atoms with Gasteiger partial charge >= 0.3 is 0 Å². The quantitative estimate of drug-likeness (QED) is 0.512. The van der Waals surface area contributed by atoms with Gasteiger partial charge in [0.05, 0.1) is 12.0 Å². The molecule has 0 bridgehead atoms. The fraction of sp³-hybridized carbons (Fsp3) is 0. The molecule has 0 amide bonds. The normalized spacial score (nSPS) is 11.3. The lowest BCUT2D eigenvalue weighted by Crippen LogP contribution is -1.73. The number of furan rings is 1. The zero-order valence-electron chi connectivity index (χ0n) is 9.68. The summed E-state index contributed by atoms with van der Waals surface area (Å²) in [6.45, 7) is 0. The molecular weight excluding hydrogens is 222 g/mol. The van der Waals surface area contributed by atoms with Crippen LogP contribution in [0.5, 0.6) is 0 Å². The molecule has 0 aliphatic heterocycles. The maximum absolute atomic E-state index is 5.43. The number of aromatic nitrogens is 1. The van der Waals surface area contributed by atoms with E-state index >= 15 is 0 Å². The molecule has 0 spiro atoms. The molecule has 0 aliphatic rings. The molecule has 0 radical (unpaired) electrons. The van der Waals surface area contributed by atoms with E-state index in [1.807, 2.05) is 12.1 Å². The van der Waals surface area contributed by atoms with Crippen molar-refractivity contribution in [1.82, 2.24) is 4.98 Å². The van der Waals surface area contributed by atoms with Crippen molar-refractivity contribution in [2.75, 3.05) is 0 Å². The lowest BCUT2D eigenvalue weighted by molar-refractivity contribution is 0.580. The van der Waals surface area contributed by atoms with Crippen LogP contribution in [0.1, 0.15) is 0 Å². The van der Waals surface area contributed by atoms with Crippen LogP contribution >= 0.6 is 0 Å². The van der Waals surface area contributed by atoms with Crippen LogP contribution in [0.4, 0.5) is 0 Å². The number of rotatable bonds is 1. The van der Waals surface area contributed by atoms with Gasteiger partial charge in [0.2, 0.25) is 0 Å². The minimum absolute atomic E-state index is 0.871. The van der Waals surface area contributed by atoms with Crippen molar-refractivity contribution in [2.45, 2.75) is 0 Å². The molecule has 0 aliphatic carbocycles. The van der Waals surface area contributed by atoms with Gasteiger partial charge in [0.1, 0.15) is 5.76 Å². The highest BCUT2D eigenvalue weighted by Crippen LogP contribution is 2.29. The van der Waals surface area contributed by atoms with Gasteiger partial charge in [-0.05, 0) is 35.0 Å². The first-order valence-electron chi connectivity index (χ1n) is 5.96. The topological polar surface area (TPSA) is 28.9 Å². The van der Waals surface area contributed by atoms with E-state index in [9.17, 15) is 0 Å². The van der Waals surface area contributed by atoms with Gasteiger partial charge in [0.15, 0.2) is 0 Å². The Morgan fingerprint density at radius 2 is 1.78 bits per heavy atom. The third-order valence-corrected chi connectivity index (χ3v) is 3.32. The van der Waals surface area contributed by atoms with E-state index in [4.69, 9.17) is 4.42 Å². The van der Waals surface area contributed by atoms with E-state index in [0.717, 1.165) is 17.0 Å². The number of fused-ring (bicyclic) bond motifs is 3. The maximum atomic E-state index is 5.43. The summed E-state index contributed by atoms with van der Waals surface area (Å²) < 4.78 is 5.43. The molecule has 86 valence electrons. The van der Waals surface area contributed by atoms with Gasteiger partial charge < -0.3 is 9.40 Å². The summed E-state index contributed by atoms with van der Waals surface area (Å²) in [6, 6.07) is 18.7. The van der Waals surface area contributed by atoms with Crippen molar-refractivity contribution in [1.29, 1.82) is 0 Å². The number of hydrogen-bond acceptors (Lipinski definition) is 1. The summed E-state index contributed by atoms with van der Waals surface area (Å²) >= 11 is 0. The fourth-order valence-electron chi connectivity index (χ4n) is 2.45. The molecule has 2 heterocycles. The number of aromatic amines is 1. The SMILES string of the molecule is c1coc(-c2cc3c(ccc4ccccc43)[nH]2)c1. The molecule has 0 fully saturated rings. The standard InChI is InChI=1S/C16H11NO/c1-2-5-12-11(4-1)7-8-14-13(12)10-15(17-14)16-6-3-9-18-16/h1-10,17H. The van der Waals surface area contributed by atoms with E-state index in [0.29, 0.717) is 0 Å². The summed E-state index contributed by atoms with van der Waals surface area (Å²) in [5.74, 6) is 0.871. The molecule has 0 saturated heterocycles. The molecule has 4 aromatic rings. The molecule has 2 heteroatoms. The first-order chi connectivity index (χ1) is 8.92. The Morgan fingerprint density at radius 3 is 2.67 bits per heavy atom. The molecule has 2 aromatic carbocycles. The molecule has 18 heavy (non-hydrogen) atoms. The first kappa shape index (κ1) is 9.54. The zero-order chi connectivity index (χ0) is 11.9. The Labute approximate surface area is 104 Å². The molecule has 1 N–H and O–H groups in total. The van der Waals surface area contributed by atoms with Gasteiger partial charge in [0.25, 0.3) is 0 Å². The van der Waals surface area contributed by atoms with E-state index in [1.54, 1.807) is 6.26 Å². The van der Waals surface area contributed by atoms with Crippen molar-refractivity contribution < 1.29 is 4.42 Å². The van der Waals surface area contributed by atoms with Gasteiger partial charge in [0, 0.05) is 10.9 Å². The highest BCUT2D eigenvalue weighted by atomic mass is 16.3. The maximum Gasteiger partial charge on any atom is 0.150 e. The highest BCUT2D eigenvalue weighted by Gasteiger charge is 2.07. The smallest absolute Gasteiger partial charge is 0.150 e. The van der Waals surface area contributed by atoms with Crippen LogP contribution in [0.2, 0.25) is 0 Å². The van der Waals surface area contributed by atoms with Crippen molar-refractivity contribution in [3.05, 3.63) is 60.9 Å². The van der Waals surface area contributed by atoms with Crippen LogP contribution < -0.4 is 0 Å². The van der Waals surface area contributed by atoms with Gasteiger partial charge in [-0.25, -0.2) is 0 Å². The average Bonchev–Trinajstić information content (AvgIpc) is 3.07. The van der Waals surface area contributed by atoms with Crippen LogP contribution in [-0.4, -0.2) is 4.98 Å². The first-order valence-corrected chi connectivity index (χ1v) is 5.96. The van der Waals surface area contributed by atoms with Crippen LogP contribution in [0.3, 0.4) is 0 Å². The highest BCUT2D eigenvalue weighted by molar-refractivity contribution is 6.07. The lowest BCUT2D eigenvalue weighted by atomic mass is 10.1. The monoisotopic (exact) mass is 233 g/mol. The van der Waals surface area contributed by atoms with Gasteiger partial charge in [-0.15, -0.1) is 0 Å². The summed E-state index contributed by atoms with van der Waals surface area (Å²) in [7, 11) is 0. The van der Waals surface area contributed by atoms with Crippen molar-refractivity contribution in [3.63, 3.8) is 0 Å². The van der Waals surface area contributed by atoms with Crippen LogP contribution in [0, 0.1) is 0 Å². The molecule has 2 nitrogen and oxygen atoms in total. The van der Waals surface area contributed by atoms with Crippen molar-refractivity contribution in [2.24, 2.45) is 0 Å². The minimum atomic E-state index is 0.871. The molecule has 2 aromatic heterocycles. The second-order valence-corrected chi connectivity index (χ2v) is 4.41. The predicted octanol–water partition coefficient (Wildman–Crippen LogP) is 4.58. The van der Waals surface area contributed by atoms with Gasteiger partial charge in [-0.1, -0.05) is 30.3 Å². The predicted molar refractivity (Wildman–Crippen MR) is 73.5 cm³/mol.